The van der Waals surface area contributed by atoms with Crippen LogP contribution in [-0.4, -0.2) is 51.8 Å². The predicted octanol–water partition coefficient (Wildman–Crippen LogP) is 1.92. The Labute approximate surface area is 124 Å². The van der Waals surface area contributed by atoms with Crippen molar-refractivity contribution in [1.82, 2.24) is 4.90 Å². The van der Waals surface area contributed by atoms with Crippen molar-refractivity contribution in [2.45, 2.75) is 0 Å². The normalized spacial score (nSPS) is 10.7. The number of carbonyl (C=O) groups excluding carboxylic acids is 2. The number of hydrogen-bond acceptors (Lipinski definition) is 4. The molecule has 1 amide bonds. The van der Waals surface area contributed by atoms with E-state index in [9.17, 15) is 14.4 Å². The average Bonchev–Trinajstić information content (AvgIpc) is 2.36. The second kappa shape index (κ2) is 6.69. The number of benzene rings is 1. The van der Waals surface area contributed by atoms with Gasteiger partial charge in [-0.3, -0.25) is 0 Å². The van der Waals surface area contributed by atoms with Crippen molar-refractivity contribution in [1.29, 1.82) is 0 Å². The molecule has 0 unspecified atom stereocenters. The molecule has 0 radical (unpaired) electrons. The molecule has 0 aliphatic carbocycles. The van der Waals surface area contributed by atoms with Gasteiger partial charge in [-0.25, -0.2) is 0 Å². The summed E-state index contributed by atoms with van der Waals surface area (Å²) in [4.78, 5) is 39.9. The maximum absolute atomic E-state index is 11.9. The number of halogens is 1. The molecule has 0 heterocycles. The van der Waals surface area contributed by atoms with E-state index in [-0.39, 0.29) is 22.6 Å². The van der Waals surface area contributed by atoms with Gasteiger partial charge in [0.2, 0.25) is 0 Å². The van der Waals surface area contributed by atoms with Crippen molar-refractivity contribution in [3.05, 3.63) is 34.9 Å². The zero-order chi connectivity index (χ0) is 15.4. The van der Waals surface area contributed by atoms with Crippen molar-refractivity contribution in [2.75, 3.05) is 24.0 Å². The molecule has 1 aromatic rings. The van der Waals surface area contributed by atoms with Crippen LogP contribution in [0.15, 0.2) is 18.2 Å². The van der Waals surface area contributed by atoms with E-state index in [0.29, 0.717) is 0 Å². The number of hydrogen-bond donors (Lipinski definition) is 1. The Morgan fingerprint density at radius 1 is 1.05 bits per heavy atom. The van der Waals surface area contributed by atoms with Gasteiger partial charge in [0.1, 0.15) is 0 Å². The molecule has 1 aromatic carbocycles. The standard InChI is InChI=1S/C13H16INO5/c1-14(2)20-13(19)10-6-8(11(16)15(3)4)5-9(7-10)12(17)18/h5-7H,1-4H3,(H,17,18). The SMILES string of the molecule is CN(C)C(=O)c1cc(C(=O)O)cc(C(=O)OI(C)C)c1. The van der Waals surface area contributed by atoms with Gasteiger partial charge in [-0.15, -0.1) is 0 Å². The van der Waals surface area contributed by atoms with Crippen LogP contribution < -0.4 is 0 Å². The third kappa shape index (κ3) is 4.19. The molecular formula is C13H16INO5. The van der Waals surface area contributed by atoms with E-state index in [1.165, 1.54) is 23.1 Å². The first-order valence-corrected chi connectivity index (χ1v) is 10.7. The number of rotatable bonds is 4. The van der Waals surface area contributed by atoms with Crippen molar-refractivity contribution < 1.29 is 22.6 Å². The van der Waals surface area contributed by atoms with Crippen LogP contribution in [0.2, 0.25) is 0 Å². The summed E-state index contributed by atoms with van der Waals surface area (Å²) in [6.45, 7) is 0. The van der Waals surface area contributed by atoms with Crippen molar-refractivity contribution >= 4 is 38.1 Å². The molecule has 0 aromatic heterocycles. The van der Waals surface area contributed by atoms with E-state index in [2.05, 4.69) is 0 Å². The summed E-state index contributed by atoms with van der Waals surface area (Å²) in [6, 6.07) is 3.82. The Morgan fingerprint density at radius 3 is 2.00 bits per heavy atom. The molecule has 110 valence electrons. The number of amides is 1. The monoisotopic (exact) mass is 393 g/mol. The number of aromatic carboxylic acids is 1. The van der Waals surface area contributed by atoms with Crippen LogP contribution in [0.25, 0.3) is 0 Å². The maximum atomic E-state index is 11.9. The Morgan fingerprint density at radius 2 is 1.55 bits per heavy atom. The van der Waals surface area contributed by atoms with Gasteiger partial charge in [-0.2, -0.15) is 0 Å². The Kier molecular flexibility index (Phi) is 5.49. The Hall–Kier alpha value is -1.64. The Bertz CT molecular complexity index is 554. The van der Waals surface area contributed by atoms with Crippen LogP contribution in [0.5, 0.6) is 0 Å². The minimum absolute atomic E-state index is 0.0844. The molecule has 0 atom stereocenters. The zero-order valence-electron chi connectivity index (χ0n) is 11.6. The zero-order valence-corrected chi connectivity index (χ0v) is 13.8. The van der Waals surface area contributed by atoms with Gasteiger partial charge in [0.25, 0.3) is 0 Å². The number of carbonyl (C=O) groups is 3. The van der Waals surface area contributed by atoms with Gasteiger partial charge in [0.05, 0.1) is 0 Å². The van der Waals surface area contributed by atoms with Gasteiger partial charge >= 0.3 is 124 Å². The third-order valence-electron chi connectivity index (χ3n) is 2.29. The summed E-state index contributed by atoms with van der Waals surface area (Å²) in [5, 5.41) is 9.05. The van der Waals surface area contributed by atoms with E-state index in [4.69, 9.17) is 8.17 Å². The fourth-order valence-electron chi connectivity index (χ4n) is 1.44. The van der Waals surface area contributed by atoms with E-state index >= 15 is 0 Å². The van der Waals surface area contributed by atoms with Gasteiger partial charge in [0, 0.05) is 0 Å². The molecule has 20 heavy (non-hydrogen) atoms. The number of carboxylic acid groups (broad SMARTS) is 1. The summed E-state index contributed by atoms with van der Waals surface area (Å²) in [7, 11) is 3.10. The first-order valence-electron chi connectivity index (χ1n) is 5.55. The first kappa shape index (κ1) is 16.4. The molecule has 0 aliphatic heterocycles. The van der Waals surface area contributed by atoms with Crippen LogP contribution in [-0.2, 0) is 3.07 Å². The van der Waals surface area contributed by atoms with E-state index in [1.54, 1.807) is 14.1 Å². The number of nitrogens with zero attached hydrogens (tertiary/aromatic N) is 1. The van der Waals surface area contributed by atoms with Crippen LogP contribution in [0.1, 0.15) is 31.1 Å². The summed E-state index contributed by atoms with van der Waals surface area (Å²) < 4.78 is 5.17. The van der Waals surface area contributed by atoms with E-state index in [0.717, 1.165) is 0 Å². The Balaban J connectivity index is 3.28. The molecular weight excluding hydrogens is 377 g/mol. The molecule has 7 heteroatoms. The number of alkyl halides is 2. The second-order valence-electron chi connectivity index (χ2n) is 4.35. The van der Waals surface area contributed by atoms with Gasteiger partial charge < -0.3 is 0 Å². The van der Waals surface area contributed by atoms with Gasteiger partial charge in [-0.05, 0) is 0 Å². The summed E-state index contributed by atoms with van der Waals surface area (Å²) in [5.41, 5.74) is 0.118. The molecule has 0 spiro atoms. The summed E-state index contributed by atoms with van der Waals surface area (Å²) >= 11 is -1.75. The topological polar surface area (TPSA) is 83.9 Å². The van der Waals surface area contributed by atoms with E-state index < -0.39 is 32.2 Å². The van der Waals surface area contributed by atoms with Crippen LogP contribution in [0, 0.1) is 0 Å². The minimum atomic E-state index is -1.75. The second-order valence-corrected chi connectivity index (χ2v) is 8.71. The molecule has 0 bridgehead atoms. The molecule has 0 saturated carbocycles. The molecule has 0 aliphatic rings. The third-order valence-corrected chi connectivity index (χ3v) is 3.57. The molecule has 1 rings (SSSR count). The van der Waals surface area contributed by atoms with Gasteiger partial charge in [0.15, 0.2) is 0 Å². The van der Waals surface area contributed by atoms with Crippen LogP contribution in [0.3, 0.4) is 0 Å². The average molecular weight is 393 g/mol. The molecule has 0 fully saturated rings. The van der Waals surface area contributed by atoms with Crippen LogP contribution >= 0.6 is 20.2 Å². The molecule has 1 N–H and O–H groups in total. The predicted molar refractivity (Wildman–Crippen MR) is 82.7 cm³/mol. The summed E-state index contributed by atoms with van der Waals surface area (Å²) in [6.07, 6.45) is 0. The fourth-order valence-corrected chi connectivity index (χ4v) is 2.49. The quantitative estimate of drug-likeness (QED) is 0.625. The molecule has 0 saturated heterocycles. The van der Waals surface area contributed by atoms with Gasteiger partial charge in [-0.1, -0.05) is 0 Å². The summed E-state index contributed by atoms with van der Waals surface area (Å²) in [5.74, 6) is -2.16. The fraction of sp³-hybridized carbons (Fsp3) is 0.308. The van der Waals surface area contributed by atoms with Crippen molar-refractivity contribution in [3.63, 3.8) is 0 Å². The van der Waals surface area contributed by atoms with Crippen molar-refractivity contribution in [2.24, 2.45) is 0 Å². The first-order chi connectivity index (χ1) is 9.22. The van der Waals surface area contributed by atoms with Crippen LogP contribution in [0.4, 0.5) is 0 Å². The van der Waals surface area contributed by atoms with E-state index in [1.807, 2.05) is 9.86 Å². The van der Waals surface area contributed by atoms with Crippen molar-refractivity contribution in [3.8, 4) is 0 Å². The number of carboxylic acids is 1. The molecule has 6 nitrogen and oxygen atoms in total.